The first-order valence-corrected chi connectivity index (χ1v) is 13.2. The number of hydrogen-bond acceptors (Lipinski definition) is 5. The minimum atomic E-state index is -1.11. The van der Waals surface area contributed by atoms with Gasteiger partial charge < -0.3 is 20.1 Å². The summed E-state index contributed by atoms with van der Waals surface area (Å²) in [5.41, 5.74) is -0.323. The second-order valence-corrected chi connectivity index (χ2v) is 13.6. The monoisotopic (exact) mass is 453 g/mol. The molecule has 1 aromatic rings. The van der Waals surface area contributed by atoms with Crippen LogP contribution in [-0.4, -0.2) is 56.7 Å². The van der Waals surface area contributed by atoms with Gasteiger partial charge in [-0.1, -0.05) is 26.8 Å². The fourth-order valence-electron chi connectivity index (χ4n) is 9.26. The molecule has 2 heterocycles. The van der Waals surface area contributed by atoms with Crippen LogP contribution < -0.4 is 4.74 Å². The van der Waals surface area contributed by atoms with Gasteiger partial charge in [0.2, 0.25) is 0 Å². The maximum absolute atomic E-state index is 12.5. The van der Waals surface area contributed by atoms with Crippen LogP contribution >= 0.6 is 0 Å². The van der Waals surface area contributed by atoms with Gasteiger partial charge in [0.05, 0.1) is 5.60 Å². The van der Waals surface area contributed by atoms with E-state index in [0.29, 0.717) is 18.2 Å². The Morgan fingerprint density at radius 2 is 1.88 bits per heavy atom. The van der Waals surface area contributed by atoms with Crippen LogP contribution in [0.4, 0.5) is 0 Å². The van der Waals surface area contributed by atoms with Gasteiger partial charge in [-0.15, -0.1) is 0 Å². The molecule has 1 aromatic carbocycles. The number of ether oxygens (including phenoxy) is 1. The van der Waals surface area contributed by atoms with Gasteiger partial charge in [0, 0.05) is 34.9 Å². The average Bonchev–Trinajstić information content (AvgIpc) is 3.48. The lowest BCUT2D eigenvalue weighted by molar-refractivity contribution is -0.305. The number of aromatic hydroxyl groups is 1. The highest BCUT2D eigenvalue weighted by Crippen LogP contribution is 2.77. The molecule has 4 bridgehead atoms. The maximum Gasteiger partial charge on any atom is 0.165 e. The molecule has 0 amide bonds. The lowest BCUT2D eigenvalue weighted by Gasteiger charge is -2.75. The normalized spacial score (nSPS) is 44.8. The van der Waals surface area contributed by atoms with E-state index < -0.39 is 17.3 Å². The lowest BCUT2D eigenvalue weighted by Crippen LogP contribution is -2.82. The van der Waals surface area contributed by atoms with Gasteiger partial charge in [0.15, 0.2) is 11.5 Å². The Kier molecular flexibility index (Phi) is 3.76. The molecule has 2 spiro atoms. The number of hydrogen-bond donors (Lipinski definition) is 3. The molecule has 5 heteroatoms. The van der Waals surface area contributed by atoms with Gasteiger partial charge in [0.1, 0.15) is 11.7 Å². The van der Waals surface area contributed by atoms with Crippen molar-refractivity contribution < 1.29 is 20.1 Å². The third-order valence-electron chi connectivity index (χ3n) is 11.5. The van der Waals surface area contributed by atoms with Gasteiger partial charge in [0.25, 0.3) is 0 Å². The molecule has 7 aliphatic rings. The highest BCUT2D eigenvalue weighted by atomic mass is 16.5. The van der Waals surface area contributed by atoms with Crippen molar-refractivity contribution in [3.8, 4) is 11.5 Å². The van der Waals surface area contributed by atoms with E-state index in [1.165, 1.54) is 30.5 Å². The van der Waals surface area contributed by atoms with Crippen molar-refractivity contribution in [1.29, 1.82) is 0 Å². The van der Waals surface area contributed by atoms with Crippen LogP contribution in [0.5, 0.6) is 11.5 Å². The standard InChI is InChI=1S/C28H39NO4/c1-24(2,3)25(4,31)19-14-26-9-10-28(19,32)23-27(26)11-12-29(15-16-5-6-16)20(26)13-17-7-8-18(30)22(33-23)21(17)27/h7-8,16,19-20,23,30-32H,5-6,9-15H2,1-4H3/t19-,20-,23+,25+,26-,27+,28?/m1/s1. The predicted octanol–water partition coefficient (Wildman–Crippen LogP) is 3.76. The molecule has 5 fully saturated rings. The molecule has 5 aliphatic carbocycles. The van der Waals surface area contributed by atoms with Crippen molar-refractivity contribution in [2.24, 2.45) is 22.7 Å². The van der Waals surface area contributed by atoms with E-state index in [9.17, 15) is 15.3 Å². The summed E-state index contributed by atoms with van der Waals surface area (Å²) in [6.07, 6.45) is 6.71. The van der Waals surface area contributed by atoms with E-state index in [-0.39, 0.29) is 27.9 Å². The number of phenolic OH excluding ortho intramolecular Hbond substituents is 1. The zero-order chi connectivity index (χ0) is 23.2. The Labute approximate surface area is 197 Å². The van der Waals surface area contributed by atoms with Gasteiger partial charge in [-0.2, -0.15) is 0 Å². The average molecular weight is 454 g/mol. The quantitative estimate of drug-likeness (QED) is 0.650. The highest BCUT2D eigenvalue weighted by Gasteiger charge is 2.81. The van der Waals surface area contributed by atoms with E-state index in [2.05, 4.69) is 31.7 Å². The molecule has 2 aliphatic heterocycles. The van der Waals surface area contributed by atoms with Crippen LogP contribution in [-0.2, 0) is 11.8 Å². The molecular formula is C28H39NO4. The van der Waals surface area contributed by atoms with E-state index in [1.807, 2.05) is 6.92 Å². The Hall–Kier alpha value is -1.30. The van der Waals surface area contributed by atoms with E-state index in [4.69, 9.17) is 4.74 Å². The van der Waals surface area contributed by atoms with Crippen LogP contribution in [0, 0.1) is 22.7 Å². The number of rotatable bonds is 3. The number of aliphatic hydroxyl groups is 2. The molecular weight excluding hydrogens is 414 g/mol. The van der Waals surface area contributed by atoms with Gasteiger partial charge in [-0.3, -0.25) is 4.90 Å². The zero-order valence-corrected chi connectivity index (χ0v) is 20.5. The number of benzene rings is 1. The smallest absolute Gasteiger partial charge is 0.165 e. The first-order chi connectivity index (χ1) is 15.5. The Bertz CT molecular complexity index is 1040. The Morgan fingerprint density at radius 3 is 2.58 bits per heavy atom. The van der Waals surface area contributed by atoms with E-state index in [0.717, 1.165) is 38.1 Å². The molecule has 3 N–H and O–H groups in total. The van der Waals surface area contributed by atoms with Gasteiger partial charge in [-0.25, -0.2) is 0 Å². The Morgan fingerprint density at radius 1 is 1.12 bits per heavy atom. The molecule has 5 nitrogen and oxygen atoms in total. The number of likely N-dealkylation sites (tertiary alicyclic amines) is 1. The summed E-state index contributed by atoms with van der Waals surface area (Å²) >= 11 is 0. The van der Waals surface area contributed by atoms with E-state index in [1.54, 1.807) is 6.07 Å². The summed E-state index contributed by atoms with van der Waals surface area (Å²) < 4.78 is 6.68. The van der Waals surface area contributed by atoms with Crippen LogP contribution in [0.2, 0.25) is 0 Å². The van der Waals surface area contributed by atoms with Crippen molar-refractivity contribution in [2.45, 2.75) is 101 Å². The number of phenols is 1. The van der Waals surface area contributed by atoms with Crippen LogP contribution in [0.3, 0.4) is 0 Å². The SMILES string of the molecule is CC(C)(C)[C@@](C)(O)[C@H]1C[C@@]23CCC1(O)[C@H]1Oc4c(O)ccc5c4[C@@]12CCN(CC1CC1)[C@@H]3C5. The largest absolute Gasteiger partial charge is 0.504 e. The van der Waals surface area contributed by atoms with Crippen LogP contribution in [0.25, 0.3) is 0 Å². The third kappa shape index (κ3) is 2.22. The van der Waals surface area contributed by atoms with Crippen molar-refractivity contribution in [2.75, 3.05) is 13.1 Å². The molecule has 1 unspecified atom stereocenters. The van der Waals surface area contributed by atoms with Crippen molar-refractivity contribution >= 4 is 0 Å². The van der Waals surface area contributed by atoms with Gasteiger partial charge >= 0.3 is 0 Å². The third-order valence-corrected chi connectivity index (χ3v) is 11.5. The first kappa shape index (κ1) is 21.0. The molecule has 4 saturated carbocycles. The minimum Gasteiger partial charge on any atom is -0.504 e. The summed E-state index contributed by atoms with van der Waals surface area (Å²) in [6, 6.07) is 4.30. The van der Waals surface area contributed by atoms with Crippen molar-refractivity contribution in [1.82, 2.24) is 4.90 Å². The molecule has 0 aromatic heterocycles. The van der Waals surface area contributed by atoms with Gasteiger partial charge in [-0.05, 0) is 81.4 Å². The lowest BCUT2D eigenvalue weighted by atomic mass is 9.33. The summed E-state index contributed by atoms with van der Waals surface area (Å²) in [6.45, 7) is 10.4. The number of fused-ring (bicyclic) bond motifs is 2. The van der Waals surface area contributed by atoms with Crippen LogP contribution in [0.1, 0.15) is 77.3 Å². The van der Waals surface area contributed by atoms with Crippen LogP contribution in [0.15, 0.2) is 12.1 Å². The minimum absolute atomic E-state index is 0.0404. The molecule has 0 radical (unpaired) electrons. The van der Waals surface area contributed by atoms with Crippen molar-refractivity contribution in [3.63, 3.8) is 0 Å². The molecule has 7 atom stereocenters. The highest BCUT2D eigenvalue weighted by molar-refractivity contribution is 5.63. The van der Waals surface area contributed by atoms with Crippen molar-refractivity contribution in [3.05, 3.63) is 23.3 Å². The summed E-state index contributed by atoms with van der Waals surface area (Å²) in [5.74, 6) is 1.39. The summed E-state index contributed by atoms with van der Waals surface area (Å²) in [4.78, 5) is 2.77. The fourth-order valence-corrected chi connectivity index (χ4v) is 9.26. The Balaban J connectivity index is 1.46. The molecule has 180 valence electrons. The second-order valence-electron chi connectivity index (χ2n) is 13.6. The second kappa shape index (κ2) is 5.91. The topological polar surface area (TPSA) is 73.2 Å². The molecule has 1 saturated heterocycles. The first-order valence-electron chi connectivity index (χ1n) is 13.2. The summed E-state index contributed by atoms with van der Waals surface area (Å²) in [5, 5.41) is 35.3. The fraction of sp³-hybridized carbons (Fsp3) is 0.786. The number of piperidine rings is 1. The molecule has 33 heavy (non-hydrogen) atoms. The van der Waals surface area contributed by atoms with E-state index >= 15 is 0 Å². The summed E-state index contributed by atoms with van der Waals surface area (Å²) in [7, 11) is 0. The predicted molar refractivity (Wildman–Crippen MR) is 125 cm³/mol. The molecule has 8 rings (SSSR count). The zero-order valence-electron chi connectivity index (χ0n) is 20.5. The number of nitrogens with zero attached hydrogens (tertiary/aromatic N) is 1. The maximum atomic E-state index is 12.5.